The molecule has 0 spiro atoms. The number of thioether (sulfide) groups is 2. The third-order valence-corrected chi connectivity index (χ3v) is 8.69. The topological polar surface area (TPSA) is 189 Å². The zero-order valence-electron chi connectivity index (χ0n) is 20.0. The number of carboxylic acids is 1. The molecule has 1 aromatic heterocycles. The van der Waals surface area contributed by atoms with Crippen molar-refractivity contribution >= 4 is 68.7 Å². The van der Waals surface area contributed by atoms with Gasteiger partial charge in [-0.05, 0) is 25.5 Å². The molecule has 2 amide bonds. The summed E-state index contributed by atoms with van der Waals surface area (Å²) in [4.78, 5) is 55.0. The number of aliphatic carboxylic acids is 1. The van der Waals surface area contributed by atoms with Crippen molar-refractivity contribution in [3.05, 3.63) is 34.2 Å². The molecule has 16 heteroatoms. The third kappa shape index (κ3) is 5.55. The molecule has 6 N–H and O–H groups in total. The predicted octanol–water partition coefficient (Wildman–Crippen LogP) is 0.429. The van der Waals surface area contributed by atoms with E-state index in [4.69, 9.17) is 16.3 Å². The number of anilines is 1. The van der Waals surface area contributed by atoms with Crippen LogP contribution in [0.5, 0.6) is 0 Å². The van der Waals surface area contributed by atoms with Gasteiger partial charge < -0.3 is 31.6 Å². The summed E-state index contributed by atoms with van der Waals surface area (Å²) >= 11 is 3.90. The summed E-state index contributed by atoms with van der Waals surface area (Å²) in [7, 11) is 0. The van der Waals surface area contributed by atoms with Gasteiger partial charge in [-0.15, -0.1) is 23.1 Å². The van der Waals surface area contributed by atoms with Crippen molar-refractivity contribution in [2.24, 2.45) is 15.9 Å². The van der Waals surface area contributed by atoms with Gasteiger partial charge >= 0.3 is 5.97 Å². The lowest BCUT2D eigenvalue weighted by Gasteiger charge is -2.49. The maximum absolute atomic E-state index is 13.0. The molecule has 0 saturated carbocycles. The first-order chi connectivity index (χ1) is 17.7. The number of β-lactam (4-membered cyclic amide) rings is 1. The van der Waals surface area contributed by atoms with Gasteiger partial charge in [0.25, 0.3) is 11.8 Å². The van der Waals surface area contributed by atoms with Crippen molar-refractivity contribution in [2.75, 3.05) is 36.9 Å². The number of thiazole rings is 1. The van der Waals surface area contributed by atoms with Gasteiger partial charge in [0.15, 0.2) is 16.0 Å². The van der Waals surface area contributed by atoms with Crippen LogP contribution in [0.2, 0.25) is 0 Å². The minimum absolute atomic E-state index is 0.0646. The summed E-state index contributed by atoms with van der Waals surface area (Å²) < 4.78 is 0. The number of nitrogen functional groups attached to an aromatic ring is 1. The van der Waals surface area contributed by atoms with Crippen LogP contribution < -0.4 is 16.8 Å². The Balaban J connectivity index is 1.49. The zero-order valence-corrected chi connectivity index (χ0v) is 22.5. The number of aliphatic imine (C=N–C) groups is 1. The van der Waals surface area contributed by atoms with E-state index in [-0.39, 0.29) is 28.8 Å². The van der Waals surface area contributed by atoms with Crippen LogP contribution in [0.15, 0.2) is 38.7 Å². The Morgan fingerprint density at radius 3 is 2.81 bits per heavy atom. The smallest absolute Gasteiger partial charge is 0.352 e. The van der Waals surface area contributed by atoms with E-state index in [0.29, 0.717) is 34.6 Å². The normalized spacial score (nSPS) is 21.7. The second-order valence-corrected chi connectivity index (χ2v) is 10.8. The molecule has 1 saturated heterocycles. The van der Waals surface area contributed by atoms with E-state index in [1.54, 1.807) is 12.3 Å². The van der Waals surface area contributed by atoms with Gasteiger partial charge in [0.05, 0.1) is 0 Å². The second-order valence-electron chi connectivity index (χ2n) is 7.90. The Kier molecular flexibility index (Phi) is 8.29. The minimum atomic E-state index is -1.20. The van der Waals surface area contributed by atoms with Crippen LogP contribution in [-0.4, -0.2) is 91.2 Å². The highest BCUT2D eigenvalue weighted by Crippen LogP contribution is 2.41. The Bertz CT molecular complexity index is 1230. The van der Waals surface area contributed by atoms with E-state index in [0.717, 1.165) is 17.9 Å². The van der Waals surface area contributed by atoms with E-state index in [1.165, 1.54) is 28.4 Å². The molecule has 4 heterocycles. The first-order valence-corrected chi connectivity index (χ1v) is 14.2. The average Bonchev–Trinajstić information content (AvgIpc) is 3.31. The molecule has 0 aliphatic carbocycles. The standard InChI is InChI=1S/C21H26N8O5S3/c1-3-28-6-5-12(22)25-21(28)37-8-10-7-35-18-14(17(31)29(18)15(10)19(32)33)26-16(30)13(27-34-4-2)11-9-36-20(23)24-11/h5,9,14,18H,3-4,6-8,22H2,1-2H3,(H2,23,24)(H,26,30)(H,32,33)/b27-13-/t14?,18-/m0/s1. The van der Waals surface area contributed by atoms with Crippen LogP contribution in [0.1, 0.15) is 19.5 Å². The number of hydrogen-bond acceptors (Lipinski definition) is 13. The highest BCUT2D eigenvalue weighted by molar-refractivity contribution is 8.14. The van der Waals surface area contributed by atoms with Crippen molar-refractivity contribution in [1.29, 1.82) is 0 Å². The number of fused-ring (bicyclic) bond motifs is 1. The Labute approximate surface area is 225 Å². The summed E-state index contributed by atoms with van der Waals surface area (Å²) in [6.07, 6.45) is 1.82. The molecule has 0 bridgehead atoms. The van der Waals surface area contributed by atoms with E-state index in [9.17, 15) is 19.5 Å². The molecular formula is C21H26N8O5S3. The van der Waals surface area contributed by atoms with Gasteiger partial charge in [0.1, 0.15) is 35.2 Å². The van der Waals surface area contributed by atoms with Gasteiger partial charge in [-0.1, -0.05) is 16.9 Å². The molecule has 0 radical (unpaired) electrons. The summed E-state index contributed by atoms with van der Waals surface area (Å²) in [5.41, 5.74) is 12.2. The monoisotopic (exact) mass is 566 g/mol. The lowest BCUT2D eigenvalue weighted by molar-refractivity contribution is -0.150. The van der Waals surface area contributed by atoms with Crippen LogP contribution in [0.3, 0.4) is 0 Å². The number of nitrogens with one attached hydrogen (secondary N) is 1. The molecule has 1 aromatic rings. The maximum atomic E-state index is 13.0. The molecule has 37 heavy (non-hydrogen) atoms. The molecule has 4 rings (SSSR count). The molecule has 198 valence electrons. The lowest BCUT2D eigenvalue weighted by atomic mass is 10.0. The number of nitrogens with zero attached hydrogens (tertiary/aromatic N) is 5. The number of likely N-dealkylation sites (N-methyl/N-ethyl adjacent to an activating group) is 1. The lowest BCUT2D eigenvalue weighted by Crippen LogP contribution is -2.71. The Morgan fingerprint density at radius 2 is 2.16 bits per heavy atom. The first kappa shape index (κ1) is 26.8. The van der Waals surface area contributed by atoms with E-state index < -0.39 is 29.2 Å². The van der Waals surface area contributed by atoms with E-state index in [2.05, 4.69) is 20.4 Å². The summed E-state index contributed by atoms with van der Waals surface area (Å²) in [5, 5.41) is 18.4. The van der Waals surface area contributed by atoms with Crippen molar-refractivity contribution < 1.29 is 24.3 Å². The molecule has 1 fully saturated rings. The fraction of sp³-hybridized carbons (Fsp3) is 0.429. The van der Waals surface area contributed by atoms with Gasteiger partial charge in [0, 0.05) is 30.0 Å². The van der Waals surface area contributed by atoms with Crippen LogP contribution in [0.4, 0.5) is 5.13 Å². The van der Waals surface area contributed by atoms with Crippen LogP contribution in [0, 0.1) is 0 Å². The number of carboxylic acid groups (broad SMARTS) is 1. The number of rotatable bonds is 9. The number of hydrogen-bond donors (Lipinski definition) is 4. The maximum Gasteiger partial charge on any atom is 0.352 e. The van der Waals surface area contributed by atoms with Crippen molar-refractivity contribution in [3.8, 4) is 0 Å². The molecule has 3 aliphatic rings. The van der Waals surface area contributed by atoms with Gasteiger partial charge in [0.2, 0.25) is 0 Å². The number of amidine groups is 1. The minimum Gasteiger partial charge on any atom is -0.477 e. The number of amides is 2. The van der Waals surface area contributed by atoms with Gasteiger partial charge in [-0.3, -0.25) is 14.5 Å². The summed E-state index contributed by atoms with van der Waals surface area (Å²) in [6.45, 7) is 5.29. The molecule has 1 unspecified atom stereocenters. The number of carbonyl (C=O) groups excluding carboxylic acids is 2. The quantitative estimate of drug-likeness (QED) is 0.184. The number of nitrogens with two attached hydrogens (primary N) is 2. The summed E-state index contributed by atoms with van der Waals surface area (Å²) in [5.74, 6) is -1.25. The van der Waals surface area contributed by atoms with E-state index >= 15 is 0 Å². The highest BCUT2D eigenvalue weighted by atomic mass is 32.2. The summed E-state index contributed by atoms with van der Waals surface area (Å²) in [6, 6.07) is -0.924. The SMILES string of the molecule is CCO/N=C(\C(=O)NC1C(=O)N2C(C(=O)O)=C(CSC3=NC(N)=CCN3CC)CS[C@@H]12)c1csc(N)n1. The predicted molar refractivity (Wildman–Crippen MR) is 144 cm³/mol. The van der Waals surface area contributed by atoms with Crippen LogP contribution in [-0.2, 0) is 19.2 Å². The highest BCUT2D eigenvalue weighted by Gasteiger charge is 2.54. The largest absolute Gasteiger partial charge is 0.477 e. The zero-order chi connectivity index (χ0) is 26.7. The third-order valence-electron chi connectivity index (χ3n) is 5.57. The van der Waals surface area contributed by atoms with Crippen molar-refractivity contribution in [2.45, 2.75) is 25.3 Å². The number of aromatic nitrogens is 1. The molecule has 13 nitrogen and oxygen atoms in total. The van der Waals surface area contributed by atoms with Gasteiger partial charge in [-0.2, -0.15) is 0 Å². The Morgan fingerprint density at radius 1 is 1.38 bits per heavy atom. The van der Waals surface area contributed by atoms with E-state index in [1.807, 2.05) is 17.9 Å². The van der Waals surface area contributed by atoms with Crippen molar-refractivity contribution in [3.63, 3.8) is 0 Å². The van der Waals surface area contributed by atoms with Crippen molar-refractivity contribution in [1.82, 2.24) is 20.1 Å². The van der Waals surface area contributed by atoms with Crippen LogP contribution in [0.25, 0.3) is 0 Å². The molecule has 3 aliphatic heterocycles. The second kappa shape index (κ2) is 11.4. The first-order valence-electron chi connectivity index (χ1n) is 11.3. The molecule has 2 atom stereocenters. The molecule has 0 aromatic carbocycles. The van der Waals surface area contributed by atoms with Crippen LogP contribution >= 0.6 is 34.9 Å². The fourth-order valence-electron chi connectivity index (χ4n) is 3.78. The number of carbonyl (C=O) groups is 3. The van der Waals surface area contributed by atoms with Gasteiger partial charge in [-0.25, -0.2) is 14.8 Å². The average molecular weight is 567 g/mol. The fourth-order valence-corrected chi connectivity index (χ4v) is 6.90. The molecular weight excluding hydrogens is 540 g/mol. The Hall–Kier alpha value is -3.24. The number of oxime groups is 1.